The third-order valence-electron chi connectivity index (χ3n) is 3.91. The zero-order chi connectivity index (χ0) is 16.7. The van der Waals surface area contributed by atoms with Crippen molar-refractivity contribution in [3.63, 3.8) is 0 Å². The van der Waals surface area contributed by atoms with Gasteiger partial charge < -0.3 is 20.3 Å². The van der Waals surface area contributed by atoms with E-state index in [0.717, 1.165) is 44.3 Å². The predicted octanol–water partition coefficient (Wildman–Crippen LogP) is 2.49. The lowest BCUT2D eigenvalue weighted by molar-refractivity contribution is 0.415. The summed E-state index contributed by atoms with van der Waals surface area (Å²) in [5.74, 6) is 2.43. The van der Waals surface area contributed by atoms with Gasteiger partial charge in [0, 0.05) is 32.2 Å². The maximum Gasteiger partial charge on any atom is 0.191 e. The number of nitrogens with zero attached hydrogens (tertiary/aromatic N) is 2. The number of para-hydroxylation sites is 2. The molecule has 1 aromatic rings. The lowest BCUT2D eigenvalue weighted by Gasteiger charge is -2.22. The molecule has 1 heterocycles. The second-order valence-electron chi connectivity index (χ2n) is 6.36. The number of nitrogens with one attached hydrogen (secondary N) is 2. The number of ether oxygens (including phenoxy) is 1. The van der Waals surface area contributed by atoms with Crippen LogP contribution >= 0.6 is 0 Å². The minimum atomic E-state index is 0.407. The molecule has 1 fully saturated rings. The SMILES string of the molecule is CCNC(=NCC(C)C)NC1CCN(c2ccccc2OC)C1. The van der Waals surface area contributed by atoms with E-state index in [0.29, 0.717) is 12.0 Å². The topological polar surface area (TPSA) is 48.9 Å². The third kappa shape index (κ3) is 5.05. The van der Waals surface area contributed by atoms with Gasteiger partial charge in [-0.1, -0.05) is 26.0 Å². The van der Waals surface area contributed by atoms with Gasteiger partial charge >= 0.3 is 0 Å². The normalized spacial score (nSPS) is 18.4. The average molecular weight is 318 g/mol. The standard InChI is InChI=1S/C18H30N4O/c1-5-19-18(20-12-14(2)3)21-15-10-11-22(13-15)16-8-6-7-9-17(16)23-4/h6-9,14-15H,5,10-13H2,1-4H3,(H2,19,20,21). The van der Waals surface area contributed by atoms with Crippen molar-refractivity contribution in [1.82, 2.24) is 10.6 Å². The van der Waals surface area contributed by atoms with Crippen molar-refractivity contribution in [2.24, 2.45) is 10.9 Å². The third-order valence-corrected chi connectivity index (χ3v) is 3.91. The van der Waals surface area contributed by atoms with Crippen LogP contribution in [0.4, 0.5) is 5.69 Å². The van der Waals surface area contributed by atoms with Crippen LogP contribution in [0.15, 0.2) is 29.3 Å². The molecule has 2 rings (SSSR count). The molecule has 0 aliphatic carbocycles. The Balaban J connectivity index is 1.97. The first-order valence-corrected chi connectivity index (χ1v) is 8.56. The molecule has 0 saturated carbocycles. The van der Waals surface area contributed by atoms with E-state index in [1.54, 1.807) is 7.11 Å². The molecule has 1 atom stereocenters. The maximum atomic E-state index is 5.48. The van der Waals surface area contributed by atoms with Gasteiger partial charge in [-0.05, 0) is 31.4 Å². The van der Waals surface area contributed by atoms with Crippen molar-refractivity contribution in [2.45, 2.75) is 33.2 Å². The lowest BCUT2D eigenvalue weighted by atomic mass is 10.2. The van der Waals surface area contributed by atoms with Crippen LogP contribution in [0.3, 0.4) is 0 Å². The molecule has 1 unspecified atom stereocenters. The van der Waals surface area contributed by atoms with Crippen LogP contribution in [0.1, 0.15) is 27.2 Å². The van der Waals surface area contributed by atoms with Crippen molar-refractivity contribution < 1.29 is 4.74 Å². The Bertz CT molecular complexity index is 515. The maximum absolute atomic E-state index is 5.48. The van der Waals surface area contributed by atoms with Crippen LogP contribution in [-0.2, 0) is 0 Å². The highest BCUT2D eigenvalue weighted by atomic mass is 16.5. The van der Waals surface area contributed by atoms with Gasteiger partial charge in [-0.15, -0.1) is 0 Å². The van der Waals surface area contributed by atoms with E-state index in [1.807, 2.05) is 12.1 Å². The Hall–Kier alpha value is -1.91. The summed E-state index contributed by atoms with van der Waals surface area (Å²) in [4.78, 5) is 7.04. The molecule has 0 bridgehead atoms. The Morgan fingerprint density at radius 2 is 2.17 bits per heavy atom. The van der Waals surface area contributed by atoms with E-state index in [-0.39, 0.29) is 0 Å². The van der Waals surface area contributed by atoms with E-state index in [4.69, 9.17) is 4.74 Å². The average Bonchev–Trinajstić information content (AvgIpc) is 3.01. The smallest absolute Gasteiger partial charge is 0.191 e. The zero-order valence-corrected chi connectivity index (χ0v) is 14.8. The number of hydrogen-bond acceptors (Lipinski definition) is 3. The molecule has 2 N–H and O–H groups in total. The number of benzene rings is 1. The summed E-state index contributed by atoms with van der Waals surface area (Å²) in [6, 6.07) is 8.62. The molecule has 1 aliphatic rings. The number of anilines is 1. The molecule has 5 heteroatoms. The highest BCUT2D eigenvalue weighted by Crippen LogP contribution is 2.30. The molecule has 1 aliphatic heterocycles. The Labute approximate surface area is 140 Å². The Kier molecular flexibility index (Phi) is 6.56. The summed E-state index contributed by atoms with van der Waals surface area (Å²) in [6.45, 7) is 10.2. The van der Waals surface area contributed by atoms with Gasteiger partial charge in [0.05, 0.1) is 12.8 Å². The van der Waals surface area contributed by atoms with E-state index in [1.165, 1.54) is 5.69 Å². The van der Waals surface area contributed by atoms with Gasteiger partial charge in [0.2, 0.25) is 0 Å². The quantitative estimate of drug-likeness (QED) is 0.625. The predicted molar refractivity (Wildman–Crippen MR) is 97.6 cm³/mol. The van der Waals surface area contributed by atoms with Crippen molar-refractivity contribution >= 4 is 11.6 Å². The largest absolute Gasteiger partial charge is 0.495 e. The van der Waals surface area contributed by atoms with Gasteiger partial charge in [-0.2, -0.15) is 0 Å². The van der Waals surface area contributed by atoms with Crippen molar-refractivity contribution in [3.8, 4) is 5.75 Å². The molecule has 0 spiro atoms. The Morgan fingerprint density at radius 3 is 2.87 bits per heavy atom. The van der Waals surface area contributed by atoms with Crippen molar-refractivity contribution in [1.29, 1.82) is 0 Å². The number of guanidine groups is 1. The van der Waals surface area contributed by atoms with Gasteiger partial charge in [0.25, 0.3) is 0 Å². The number of hydrogen-bond donors (Lipinski definition) is 2. The second-order valence-corrected chi connectivity index (χ2v) is 6.36. The molecule has 128 valence electrons. The van der Waals surface area contributed by atoms with E-state index >= 15 is 0 Å². The first-order chi connectivity index (χ1) is 11.1. The Morgan fingerprint density at radius 1 is 1.39 bits per heavy atom. The fraction of sp³-hybridized carbons (Fsp3) is 0.611. The van der Waals surface area contributed by atoms with Crippen LogP contribution in [0.5, 0.6) is 5.75 Å². The van der Waals surface area contributed by atoms with Crippen LogP contribution in [0.2, 0.25) is 0 Å². The van der Waals surface area contributed by atoms with E-state index < -0.39 is 0 Å². The van der Waals surface area contributed by atoms with Crippen molar-refractivity contribution in [2.75, 3.05) is 38.2 Å². The molecule has 1 saturated heterocycles. The lowest BCUT2D eigenvalue weighted by Crippen LogP contribution is -2.44. The van der Waals surface area contributed by atoms with Crippen LogP contribution in [0.25, 0.3) is 0 Å². The van der Waals surface area contributed by atoms with Gasteiger partial charge in [-0.25, -0.2) is 0 Å². The van der Waals surface area contributed by atoms with Crippen molar-refractivity contribution in [3.05, 3.63) is 24.3 Å². The summed E-state index contributed by atoms with van der Waals surface area (Å²) >= 11 is 0. The summed E-state index contributed by atoms with van der Waals surface area (Å²) in [5, 5.41) is 6.90. The highest BCUT2D eigenvalue weighted by Gasteiger charge is 2.25. The number of methoxy groups -OCH3 is 1. The second kappa shape index (κ2) is 8.65. The molecule has 0 aromatic heterocycles. The molecule has 1 aromatic carbocycles. The highest BCUT2D eigenvalue weighted by molar-refractivity contribution is 5.80. The van der Waals surface area contributed by atoms with Crippen LogP contribution < -0.4 is 20.3 Å². The zero-order valence-electron chi connectivity index (χ0n) is 14.8. The van der Waals surface area contributed by atoms with E-state index in [2.05, 4.69) is 53.4 Å². The molecular weight excluding hydrogens is 288 g/mol. The minimum absolute atomic E-state index is 0.407. The molecule has 0 amide bonds. The molecule has 23 heavy (non-hydrogen) atoms. The summed E-state index contributed by atoms with van der Waals surface area (Å²) in [7, 11) is 1.73. The minimum Gasteiger partial charge on any atom is -0.495 e. The number of rotatable bonds is 6. The fourth-order valence-electron chi connectivity index (χ4n) is 2.78. The summed E-state index contributed by atoms with van der Waals surface area (Å²) in [5.41, 5.74) is 1.17. The summed E-state index contributed by atoms with van der Waals surface area (Å²) in [6.07, 6.45) is 1.10. The first kappa shape index (κ1) is 17.4. The molecule has 5 nitrogen and oxygen atoms in total. The first-order valence-electron chi connectivity index (χ1n) is 8.56. The summed E-state index contributed by atoms with van der Waals surface area (Å²) < 4.78 is 5.48. The molecular formula is C18H30N4O. The van der Waals surface area contributed by atoms with E-state index in [9.17, 15) is 0 Å². The van der Waals surface area contributed by atoms with Gasteiger partial charge in [0.1, 0.15) is 5.75 Å². The van der Waals surface area contributed by atoms with Gasteiger partial charge in [-0.3, -0.25) is 4.99 Å². The van der Waals surface area contributed by atoms with Gasteiger partial charge in [0.15, 0.2) is 5.96 Å². The van der Waals surface area contributed by atoms with Crippen LogP contribution in [-0.4, -0.2) is 45.3 Å². The van der Waals surface area contributed by atoms with Crippen LogP contribution in [0, 0.1) is 5.92 Å². The molecule has 0 radical (unpaired) electrons. The monoisotopic (exact) mass is 318 g/mol. The fourth-order valence-corrected chi connectivity index (χ4v) is 2.78. The number of aliphatic imine (C=N–C) groups is 1.